The van der Waals surface area contributed by atoms with Crippen LogP contribution in [0.25, 0.3) is 6.08 Å². The summed E-state index contributed by atoms with van der Waals surface area (Å²) in [5, 5.41) is 2.89. The number of anilines is 1. The predicted octanol–water partition coefficient (Wildman–Crippen LogP) is 4.35. The Kier molecular flexibility index (Phi) is 5.37. The minimum Gasteiger partial charge on any atom is -0.493 e. The Morgan fingerprint density at radius 1 is 1.18 bits per heavy atom. The lowest BCUT2D eigenvalue weighted by Gasteiger charge is -2.08. The molecule has 2 rings (SSSR count). The van der Waals surface area contributed by atoms with Gasteiger partial charge in [0.15, 0.2) is 0 Å². The van der Waals surface area contributed by atoms with Gasteiger partial charge in [-0.1, -0.05) is 35.9 Å². The van der Waals surface area contributed by atoms with Gasteiger partial charge >= 0.3 is 0 Å². The van der Waals surface area contributed by atoms with Crippen molar-refractivity contribution in [1.82, 2.24) is 0 Å². The Bertz CT molecular complexity index is 690. The number of hydrogen-bond donors (Lipinski definition) is 1. The molecule has 1 N–H and O–H groups in total. The minimum atomic E-state index is -0.154. The number of rotatable bonds is 5. The number of nitrogens with one attached hydrogen (secondary N) is 1. The van der Waals surface area contributed by atoms with E-state index in [1.54, 1.807) is 6.08 Å². The first kappa shape index (κ1) is 15.8. The van der Waals surface area contributed by atoms with Crippen molar-refractivity contribution in [2.75, 3.05) is 11.9 Å². The molecule has 0 atom stereocenters. The van der Waals surface area contributed by atoms with Crippen LogP contribution in [-0.2, 0) is 4.79 Å². The quantitative estimate of drug-likeness (QED) is 0.833. The highest BCUT2D eigenvalue weighted by Crippen LogP contribution is 2.20. The standard InChI is InChI=1S/C19H21NO2/c1-4-22-18-8-6-5-7-16(18)10-12-19(21)20-17-11-9-14(2)13-15(17)3/h5-13H,4H2,1-3H3,(H,20,21)/b12-10+. The Morgan fingerprint density at radius 3 is 2.68 bits per heavy atom. The van der Waals surface area contributed by atoms with Gasteiger partial charge < -0.3 is 10.1 Å². The molecular formula is C19H21NO2. The molecule has 0 aliphatic carbocycles. The van der Waals surface area contributed by atoms with Gasteiger partial charge in [0, 0.05) is 17.3 Å². The van der Waals surface area contributed by atoms with E-state index in [-0.39, 0.29) is 5.91 Å². The molecule has 3 nitrogen and oxygen atoms in total. The van der Waals surface area contributed by atoms with Crippen molar-refractivity contribution in [1.29, 1.82) is 0 Å². The number of benzene rings is 2. The number of ether oxygens (including phenoxy) is 1. The summed E-state index contributed by atoms with van der Waals surface area (Å²) in [5.74, 6) is 0.624. The van der Waals surface area contributed by atoms with E-state index in [1.165, 1.54) is 11.6 Å². The van der Waals surface area contributed by atoms with Crippen LogP contribution in [0.3, 0.4) is 0 Å². The van der Waals surface area contributed by atoms with E-state index < -0.39 is 0 Å². The van der Waals surface area contributed by atoms with Crippen molar-refractivity contribution < 1.29 is 9.53 Å². The Labute approximate surface area is 131 Å². The highest BCUT2D eigenvalue weighted by Gasteiger charge is 2.03. The highest BCUT2D eigenvalue weighted by molar-refractivity contribution is 6.02. The molecule has 0 saturated carbocycles. The van der Waals surface area contributed by atoms with Crippen molar-refractivity contribution in [3.63, 3.8) is 0 Å². The second-order valence-electron chi connectivity index (χ2n) is 5.11. The third-order valence-corrected chi connectivity index (χ3v) is 3.27. The van der Waals surface area contributed by atoms with Crippen molar-refractivity contribution in [3.8, 4) is 5.75 Å². The first-order chi connectivity index (χ1) is 10.6. The van der Waals surface area contributed by atoms with Crippen molar-refractivity contribution in [2.45, 2.75) is 20.8 Å². The SMILES string of the molecule is CCOc1ccccc1/C=C/C(=O)Nc1ccc(C)cc1C. The summed E-state index contributed by atoms with van der Waals surface area (Å²) in [6.07, 6.45) is 3.29. The summed E-state index contributed by atoms with van der Waals surface area (Å²) in [4.78, 5) is 12.1. The van der Waals surface area contributed by atoms with Gasteiger partial charge in [0.25, 0.3) is 0 Å². The third kappa shape index (κ3) is 4.22. The van der Waals surface area contributed by atoms with Crippen molar-refractivity contribution in [2.24, 2.45) is 0 Å². The normalized spacial score (nSPS) is 10.7. The Balaban J connectivity index is 2.08. The largest absolute Gasteiger partial charge is 0.493 e. The molecule has 2 aromatic carbocycles. The highest BCUT2D eigenvalue weighted by atomic mass is 16.5. The smallest absolute Gasteiger partial charge is 0.248 e. The van der Waals surface area contributed by atoms with Crippen LogP contribution in [-0.4, -0.2) is 12.5 Å². The molecule has 0 radical (unpaired) electrons. The second kappa shape index (κ2) is 7.46. The van der Waals surface area contributed by atoms with Gasteiger partial charge in [0.05, 0.1) is 6.61 Å². The van der Waals surface area contributed by atoms with Gasteiger partial charge in [0.1, 0.15) is 5.75 Å². The summed E-state index contributed by atoms with van der Waals surface area (Å²) in [7, 11) is 0. The molecule has 114 valence electrons. The predicted molar refractivity (Wildman–Crippen MR) is 91.2 cm³/mol. The summed E-state index contributed by atoms with van der Waals surface area (Å²) in [6, 6.07) is 13.6. The zero-order valence-corrected chi connectivity index (χ0v) is 13.2. The Hall–Kier alpha value is -2.55. The number of carbonyl (C=O) groups excluding carboxylic acids is 1. The van der Waals surface area contributed by atoms with Gasteiger partial charge in [-0.2, -0.15) is 0 Å². The summed E-state index contributed by atoms with van der Waals surface area (Å²) in [6.45, 7) is 6.55. The average Bonchev–Trinajstić information content (AvgIpc) is 2.49. The topological polar surface area (TPSA) is 38.3 Å². The van der Waals surface area contributed by atoms with Crippen molar-refractivity contribution >= 4 is 17.7 Å². The van der Waals surface area contributed by atoms with E-state index in [1.807, 2.05) is 63.2 Å². The van der Waals surface area contributed by atoms with E-state index in [9.17, 15) is 4.79 Å². The van der Waals surface area contributed by atoms with Gasteiger partial charge in [0.2, 0.25) is 5.91 Å². The van der Waals surface area contributed by atoms with E-state index in [4.69, 9.17) is 4.74 Å². The second-order valence-corrected chi connectivity index (χ2v) is 5.11. The number of carbonyl (C=O) groups is 1. The molecule has 0 aromatic heterocycles. The molecule has 0 saturated heterocycles. The van der Waals surface area contributed by atoms with E-state index in [2.05, 4.69) is 5.32 Å². The van der Waals surface area contributed by atoms with Crippen LogP contribution >= 0.6 is 0 Å². The molecule has 1 amide bonds. The van der Waals surface area contributed by atoms with Gasteiger partial charge in [-0.15, -0.1) is 0 Å². The summed E-state index contributed by atoms with van der Waals surface area (Å²) >= 11 is 0. The van der Waals surface area contributed by atoms with Gasteiger partial charge in [-0.05, 0) is 44.5 Å². The fraction of sp³-hybridized carbons (Fsp3) is 0.211. The first-order valence-corrected chi connectivity index (χ1v) is 7.38. The first-order valence-electron chi connectivity index (χ1n) is 7.38. The molecular weight excluding hydrogens is 274 g/mol. The molecule has 0 aliphatic rings. The third-order valence-electron chi connectivity index (χ3n) is 3.27. The fourth-order valence-electron chi connectivity index (χ4n) is 2.20. The van der Waals surface area contributed by atoms with E-state index in [0.29, 0.717) is 6.61 Å². The maximum atomic E-state index is 12.1. The molecule has 2 aromatic rings. The van der Waals surface area contributed by atoms with Crippen LogP contribution in [0.1, 0.15) is 23.6 Å². The van der Waals surface area contributed by atoms with Crippen LogP contribution in [0, 0.1) is 13.8 Å². The zero-order chi connectivity index (χ0) is 15.9. The van der Waals surface area contributed by atoms with Crippen LogP contribution in [0.5, 0.6) is 5.75 Å². The molecule has 3 heteroatoms. The van der Waals surface area contributed by atoms with Crippen LogP contribution in [0.2, 0.25) is 0 Å². The lowest BCUT2D eigenvalue weighted by molar-refractivity contribution is -0.111. The summed E-state index contributed by atoms with van der Waals surface area (Å²) in [5.41, 5.74) is 3.95. The van der Waals surface area contributed by atoms with E-state index >= 15 is 0 Å². The molecule has 0 aliphatic heterocycles. The molecule has 22 heavy (non-hydrogen) atoms. The lowest BCUT2D eigenvalue weighted by Crippen LogP contribution is -2.09. The number of amides is 1. The number of aryl methyl sites for hydroxylation is 2. The zero-order valence-electron chi connectivity index (χ0n) is 13.2. The van der Waals surface area contributed by atoms with Crippen molar-refractivity contribution in [3.05, 3.63) is 65.2 Å². The fourth-order valence-corrected chi connectivity index (χ4v) is 2.20. The number of para-hydroxylation sites is 1. The molecule has 0 spiro atoms. The van der Waals surface area contributed by atoms with Gasteiger partial charge in [-0.25, -0.2) is 0 Å². The monoisotopic (exact) mass is 295 g/mol. The lowest BCUT2D eigenvalue weighted by atomic mass is 10.1. The minimum absolute atomic E-state index is 0.154. The number of hydrogen-bond acceptors (Lipinski definition) is 2. The molecule has 0 bridgehead atoms. The maximum Gasteiger partial charge on any atom is 0.248 e. The van der Waals surface area contributed by atoms with Gasteiger partial charge in [-0.3, -0.25) is 4.79 Å². The van der Waals surface area contributed by atoms with Crippen LogP contribution < -0.4 is 10.1 Å². The molecule has 0 unspecified atom stereocenters. The van der Waals surface area contributed by atoms with Crippen LogP contribution in [0.15, 0.2) is 48.5 Å². The van der Waals surface area contributed by atoms with Crippen LogP contribution in [0.4, 0.5) is 5.69 Å². The van der Waals surface area contributed by atoms with E-state index in [0.717, 1.165) is 22.6 Å². The Morgan fingerprint density at radius 2 is 1.95 bits per heavy atom. The summed E-state index contributed by atoms with van der Waals surface area (Å²) < 4.78 is 5.54. The average molecular weight is 295 g/mol. The maximum absolute atomic E-state index is 12.1. The molecule has 0 fully saturated rings. The molecule has 0 heterocycles.